The highest BCUT2D eigenvalue weighted by molar-refractivity contribution is 5.91. The summed E-state index contributed by atoms with van der Waals surface area (Å²) in [6.07, 6.45) is 7.38. The summed E-state index contributed by atoms with van der Waals surface area (Å²) in [7, 11) is 4.11. The van der Waals surface area contributed by atoms with Crippen LogP contribution >= 0.6 is 0 Å². The third-order valence-electron chi connectivity index (χ3n) is 4.13. The molecule has 3 rings (SSSR count). The Balaban J connectivity index is 1.99. The lowest BCUT2D eigenvalue weighted by Crippen LogP contribution is -2.07. The third kappa shape index (κ3) is 3.26. The van der Waals surface area contributed by atoms with Crippen LogP contribution in [0.2, 0.25) is 0 Å². The molecule has 0 aliphatic carbocycles. The standard InChI is InChI=1S/C21H22N2/c1-4-17-15-22-21-8-6-5-7-20(21)19(17)14-11-16-9-12-18(13-10-16)23(2)3/h5-15H,4H2,1-3H3. The van der Waals surface area contributed by atoms with E-state index in [1.165, 1.54) is 27.8 Å². The quantitative estimate of drug-likeness (QED) is 0.671. The molecule has 0 saturated carbocycles. The SMILES string of the molecule is CCc1cnc2ccccc2c1C=Cc1ccc(N(C)C)cc1. The molecule has 0 fully saturated rings. The van der Waals surface area contributed by atoms with E-state index in [1.807, 2.05) is 12.3 Å². The topological polar surface area (TPSA) is 16.1 Å². The van der Waals surface area contributed by atoms with E-state index in [0.29, 0.717) is 0 Å². The number of aryl methyl sites for hydroxylation is 1. The minimum atomic E-state index is 0.983. The molecule has 116 valence electrons. The van der Waals surface area contributed by atoms with Crippen LogP contribution in [0.15, 0.2) is 54.7 Å². The first-order chi connectivity index (χ1) is 11.2. The van der Waals surface area contributed by atoms with Crippen molar-refractivity contribution in [1.82, 2.24) is 4.98 Å². The van der Waals surface area contributed by atoms with Crippen molar-refractivity contribution in [2.45, 2.75) is 13.3 Å². The van der Waals surface area contributed by atoms with Crippen LogP contribution in [0.3, 0.4) is 0 Å². The predicted octanol–water partition coefficient (Wildman–Crippen LogP) is 5.03. The Hall–Kier alpha value is -2.61. The van der Waals surface area contributed by atoms with Crippen molar-refractivity contribution in [3.8, 4) is 0 Å². The van der Waals surface area contributed by atoms with Crippen molar-refractivity contribution < 1.29 is 0 Å². The lowest BCUT2D eigenvalue weighted by molar-refractivity contribution is 1.11. The van der Waals surface area contributed by atoms with E-state index in [9.17, 15) is 0 Å². The van der Waals surface area contributed by atoms with E-state index >= 15 is 0 Å². The molecule has 2 nitrogen and oxygen atoms in total. The van der Waals surface area contributed by atoms with Crippen molar-refractivity contribution in [1.29, 1.82) is 0 Å². The van der Waals surface area contributed by atoms with Crippen LogP contribution < -0.4 is 4.90 Å². The fourth-order valence-electron chi connectivity index (χ4n) is 2.75. The summed E-state index contributed by atoms with van der Waals surface area (Å²) in [4.78, 5) is 6.67. The van der Waals surface area contributed by atoms with Gasteiger partial charge in [0.2, 0.25) is 0 Å². The molecule has 0 atom stereocenters. The first-order valence-electron chi connectivity index (χ1n) is 8.01. The van der Waals surface area contributed by atoms with E-state index in [-0.39, 0.29) is 0 Å². The minimum absolute atomic E-state index is 0.983. The number of pyridine rings is 1. The maximum atomic E-state index is 4.56. The molecule has 0 spiro atoms. The van der Waals surface area contributed by atoms with Crippen LogP contribution in [0.25, 0.3) is 23.1 Å². The lowest BCUT2D eigenvalue weighted by atomic mass is 10.0. The van der Waals surface area contributed by atoms with Crippen LogP contribution in [-0.2, 0) is 6.42 Å². The summed E-state index contributed by atoms with van der Waals surface area (Å²) in [5.74, 6) is 0. The second-order valence-corrected chi connectivity index (χ2v) is 5.89. The number of benzene rings is 2. The highest BCUT2D eigenvalue weighted by Crippen LogP contribution is 2.23. The summed E-state index contributed by atoms with van der Waals surface area (Å²) in [6.45, 7) is 2.18. The van der Waals surface area contributed by atoms with E-state index in [2.05, 4.69) is 85.5 Å². The molecule has 3 aromatic rings. The number of anilines is 1. The molecule has 0 N–H and O–H groups in total. The number of aromatic nitrogens is 1. The molecule has 0 amide bonds. The van der Waals surface area contributed by atoms with Gasteiger partial charge < -0.3 is 4.90 Å². The van der Waals surface area contributed by atoms with Gasteiger partial charge >= 0.3 is 0 Å². The molecular formula is C21H22N2. The highest BCUT2D eigenvalue weighted by atomic mass is 15.1. The summed E-state index contributed by atoms with van der Waals surface area (Å²) in [5.41, 5.74) is 6.02. The predicted molar refractivity (Wildman–Crippen MR) is 101 cm³/mol. The summed E-state index contributed by atoms with van der Waals surface area (Å²) >= 11 is 0. The van der Waals surface area contributed by atoms with Gasteiger partial charge in [-0.2, -0.15) is 0 Å². The van der Waals surface area contributed by atoms with E-state index in [0.717, 1.165) is 11.9 Å². The zero-order valence-electron chi connectivity index (χ0n) is 14.0. The zero-order valence-corrected chi connectivity index (χ0v) is 14.0. The Morgan fingerprint density at radius 2 is 1.70 bits per heavy atom. The van der Waals surface area contributed by atoms with Crippen molar-refractivity contribution in [3.63, 3.8) is 0 Å². The highest BCUT2D eigenvalue weighted by Gasteiger charge is 2.04. The number of nitrogens with zero attached hydrogens (tertiary/aromatic N) is 2. The first kappa shape index (κ1) is 15.3. The number of para-hydroxylation sites is 1. The molecule has 1 heterocycles. The van der Waals surface area contributed by atoms with Crippen LogP contribution in [0.1, 0.15) is 23.6 Å². The van der Waals surface area contributed by atoms with Gasteiger partial charge in [-0.25, -0.2) is 0 Å². The molecule has 0 aliphatic rings. The Bertz CT molecular complexity index is 830. The molecule has 0 bridgehead atoms. The Morgan fingerprint density at radius 1 is 0.957 bits per heavy atom. The Morgan fingerprint density at radius 3 is 2.39 bits per heavy atom. The number of fused-ring (bicyclic) bond motifs is 1. The zero-order chi connectivity index (χ0) is 16.2. The molecule has 2 aromatic carbocycles. The normalized spacial score (nSPS) is 11.3. The number of hydrogen-bond acceptors (Lipinski definition) is 2. The van der Waals surface area contributed by atoms with Gasteiger partial charge in [0.25, 0.3) is 0 Å². The molecule has 2 heteroatoms. The molecule has 1 aromatic heterocycles. The van der Waals surface area contributed by atoms with Gasteiger partial charge in [-0.05, 0) is 41.3 Å². The average molecular weight is 302 g/mol. The van der Waals surface area contributed by atoms with E-state index in [4.69, 9.17) is 0 Å². The summed E-state index contributed by atoms with van der Waals surface area (Å²) < 4.78 is 0. The van der Waals surface area contributed by atoms with Gasteiger partial charge in [0.1, 0.15) is 0 Å². The van der Waals surface area contributed by atoms with Crippen LogP contribution in [0, 0.1) is 0 Å². The Kier molecular flexibility index (Phi) is 4.42. The fraction of sp³-hybridized carbons (Fsp3) is 0.190. The fourth-order valence-corrected chi connectivity index (χ4v) is 2.75. The van der Waals surface area contributed by atoms with Crippen molar-refractivity contribution in [2.75, 3.05) is 19.0 Å². The Labute approximate surface area is 138 Å². The first-order valence-corrected chi connectivity index (χ1v) is 8.01. The van der Waals surface area contributed by atoms with Gasteiger partial charge in [-0.3, -0.25) is 4.98 Å². The number of rotatable bonds is 4. The molecule has 0 unspecified atom stereocenters. The second kappa shape index (κ2) is 6.66. The monoisotopic (exact) mass is 302 g/mol. The lowest BCUT2D eigenvalue weighted by Gasteiger charge is -2.12. The number of hydrogen-bond donors (Lipinski definition) is 0. The largest absolute Gasteiger partial charge is 0.378 e. The average Bonchev–Trinajstić information content (AvgIpc) is 2.59. The molecular weight excluding hydrogens is 280 g/mol. The maximum Gasteiger partial charge on any atom is 0.0708 e. The van der Waals surface area contributed by atoms with Crippen LogP contribution in [-0.4, -0.2) is 19.1 Å². The molecule has 0 radical (unpaired) electrons. The second-order valence-electron chi connectivity index (χ2n) is 5.89. The van der Waals surface area contributed by atoms with Gasteiger partial charge in [0.05, 0.1) is 5.52 Å². The molecule has 23 heavy (non-hydrogen) atoms. The molecule has 0 saturated heterocycles. The van der Waals surface area contributed by atoms with E-state index in [1.54, 1.807) is 0 Å². The van der Waals surface area contributed by atoms with Crippen molar-refractivity contribution >= 4 is 28.7 Å². The van der Waals surface area contributed by atoms with Crippen LogP contribution in [0.4, 0.5) is 5.69 Å². The van der Waals surface area contributed by atoms with Crippen LogP contribution in [0.5, 0.6) is 0 Å². The van der Waals surface area contributed by atoms with Gasteiger partial charge in [-0.1, -0.05) is 49.4 Å². The van der Waals surface area contributed by atoms with E-state index < -0.39 is 0 Å². The summed E-state index contributed by atoms with van der Waals surface area (Å²) in [6, 6.07) is 16.9. The summed E-state index contributed by atoms with van der Waals surface area (Å²) in [5, 5.41) is 1.22. The van der Waals surface area contributed by atoms with Gasteiger partial charge in [0.15, 0.2) is 0 Å². The van der Waals surface area contributed by atoms with Crippen molar-refractivity contribution in [3.05, 3.63) is 71.4 Å². The van der Waals surface area contributed by atoms with Gasteiger partial charge in [-0.15, -0.1) is 0 Å². The minimum Gasteiger partial charge on any atom is -0.378 e. The van der Waals surface area contributed by atoms with Crippen molar-refractivity contribution in [2.24, 2.45) is 0 Å². The van der Waals surface area contributed by atoms with Gasteiger partial charge in [0, 0.05) is 31.4 Å². The molecule has 0 aliphatic heterocycles. The maximum absolute atomic E-state index is 4.56. The third-order valence-corrected chi connectivity index (χ3v) is 4.13. The smallest absolute Gasteiger partial charge is 0.0708 e.